The maximum absolute atomic E-state index is 15.1. The average Bonchev–Trinajstić information content (AvgIpc) is 2.92. The minimum atomic E-state index is -3.10. The minimum Gasteiger partial charge on any atom is -0.309 e. The standard InChI is InChI=1S/C30H30NOPS2/c1-4-30(2,3)35-31-29(24-16-8-5-9-17-24)34-28-23-15-14-22-27(28)33(32,25-18-10-6-11-19-25)26-20-12-7-13-21-26/h5-23H,4H2,1-3H3/b31-29+. The molecule has 0 aromatic heterocycles. The first kappa shape index (κ1) is 25.6. The van der Waals surface area contributed by atoms with Gasteiger partial charge in [0.15, 0.2) is 7.14 Å². The van der Waals surface area contributed by atoms with Crippen molar-refractivity contribution in [2.75, 3.05) is 0 Å². The Bertz CT molecular complexity index is 1280. The zero-order chi connectivity index (χ0) is 24.7. The van der Waals surface area contributed by atoms with Crippen LogP contribution in [0.4, 0.5) is 0 Å². The lowest BCUT2D eigenvalue weighted by Gasteiger charge is -2.23. The molecule has 0 saturated carbocycles. The van der Waals surface area contributed by atoms with E-state index in [0.29, 0.717) is 0 Å². The number of nitrogens with zero attached hydrogens (tertiary/aromatic N) is 1. The Morgan fingerprint density at radius 2 is 1.23 bits per heavy atom. The maximum atomic E-state index is 15.1. The van der Waals surface area contributed by atoms with Crippen molar-refractivity contribution in [2.45, 2.75) is 36.8 Å². The van der Waals surface area contributed by atoms with Crippen LogP contribution in [0.2, 0.25) is 0 Å². The Kier molecular flexibility index (Phi) is 8.38. The van der Waals surface area contributed by atoms with E-state index in [-0.39, 0.29) is 4.75 Å². The van der Waals surface area contributed by atoms with Crippen LogP contribution in [0.15, 0.2) is 125 Å². The smallest absolute Gasteiger partial charge is 0.172 e. The molecule has 0 unspecified atom stereocenters. The molecule has 0 aliphatic heterocycles. The Hall–Kier alpha value is -2.52. The van der Waals surface area contributed by atoms with E-state index in [1.807, 2.05) is 97.1 Å². The first-order chi connectivity index (χ1) is 16.9. The van der Waals surface area contributed by atoms with E-state index in [0.717, 1.165) is 37.8 Å². The summed E-state index contributed by atoms with van der Waals surface area (Å²) in [7, 11) is -3.10. The molecule has 178 valence electrons. The molecular weight excluding hydrogens is 485 g/mol. The second kappa shape index (κ2) is 11.5. The fourth-order valence-corrected chi connectivity index (χ4v) is 8.40. The summed E-state index contributed by atoms with van der Waals surface area (Å²) in [4.78, 5) is 0.959. The fraction of sp³-hybridized carbons (Fsp3) is 0.167. The number of benzene rings is 4. The van der Waals surface area contributed by atoms with Crippen molar-refractivity contribution >= 4 is 51.8 Å². The monoisotopic (exact) mass is 515 g/mol. The van der Waals surface area contributed by atoms with Gasteiger partial charge in [0.25, 0.3) is 0 Å². The van der Waals surface area contributed by atoms with Gasteiger partial charge in [-0.15, -0.1) is 0 Å². The summed E-state index contributed by atoms with van der Waals surface area (Å²) >= 11 is 3.20. The molecule has 0 heterocycles. The predicted octanol–water partition coefficient (Wildman–Crippen LogP) is 7.70. The highest BCUT2D eigenvalue weighted by Gasteiger charge is 2.32. The first-order valence-corrected chi connectivity index (χ1v) is 15.0. The number of hydrogen-bond acceptors (Lipinski definition) is 4. The van der Waals surface area contributed by atoms with Crippen LogP contribution in [-0.4, -0.2) is 9.79 Å². The molecule has 0 aliphatic carbocycles. The molecule has 2 nitrogen and oxygen atoms in total. The Labute approximate surface area is 217 Å². The third kappa shape index (κ3) is 6.01. The molecular formula is C30H30NOPS2. The second-order valence-electron chi connectivity index (χ2n) is 8.82. The van der Waals surface area contributed by atoms with E-state index in [2.05, 4.69) is 39.0 Å². The molecule has 4 rings (SSSR count). The summed E-state index contributed by atoms with van der Waals surface area (Å²) < 4.78 is 20.1. The lowest BCUT2D eigenvalue weighted by Crippen LogP contribution is -2.26. The first-order valence-electron chi connectivity index (χ1n) is 11.7. The van der Waals surface area contributed by atoms with Gasteiger partial charge in [-0.05, 0) is 44.3 Å². The summed E-state index contributed by atoms with van der Waals surface area (Å²) in [5, 5.41) is 3.42. The van der Waals surface area contributed by atoms with Gasteiger partial charge in [-0.3, -0.25) is 0 Å². The van der Waals surface area contributed by atoms with Crippen LogP contribution in [0.1, 0.15) is 32.8 Å². The van der Waals surface area contributed by atoms with E-state index in [9.17, 15) is 0 Å². The van der Waals surface area contributed by atoms with E-state index in [1.54, 1.807) is 23.7 Å². The lowest BCUT2D eigenvalue weighted by atomic mass is 10.1. The molecule has 35 heavy (non-hydrogen) atoms. The topological polar surface area (TPSA) is 29.4 Å². The van der Waals surface area contributed by atoms with E-state index in [4.69, 9.17) is 4.40 Å². The molecule has 0 fully saturated rings. The van der Waals surface area contributed by atoms with Gasteiger partial charge in [0.1, 0.15) is 5.04 Å². The van der Waals surface area contributed by atoms with E-state index >= 15 is 4.57 Å². The number of hydrogen-bond donors (Lipinski definition) is 0. The molecule has 0 atom stereocenters. The molecule has 0 bridgehead atoms. The molecule has 5 heteroatoms. The third-order valence-electron chi connectivity index (χ3n) is 5.90. The zero-order valence-corrected chi connectivity index (χ0v) is 22.8. The molecule has 0 N–H and O–H groups in total. The average molecular weight is 516 g/mol. The van der Waals surface area contributed by atoms with Crippen LogP contribution in [-0.2, 0) is 4.57 Å². The molecule has 0 spiro atoms. The minimum absolute atomic E-state index is 0.0312. The summed E-state index contributed by atoms with van der Waals surface area (Å²) in [5.41, 5.74) is 1.06. The van der Waals surface area contributed by atoms with Gasteiger partial charge in [0.05, 0.1) is 0 Å². The molecule has 0 aliphatic rings. The highest BCUT2D eigenvalue weighted by atomic mass is 32.2. The quantitative estimate of drug-likeness (QED) is 0.0792. The van der Waals surface area contributed by atoms with Crippen LogP contribution < -0.4 is 15.9 Å². The van der Waals surface area contributed by atoms with Gasteiger partial charge in [-0.1, -0.05) is 122 Å². The van der Waals surface area contributed by atoms with Crippen LogP contribution >= 0.6 is 30.9 Å². The largest absolute Gasteiger partial charge is 0.309 e. The van der Waals surface area contributed by atoms with Gasteiger partial charge in [-0.25, -0.2) is 4.40 Å². The normalized spacial score (nSPS) is 12.5. The Morgan fingerprint density at radius 1 is 0.743 bits per heavy atom. The number of rotatable bonds is 8. The van der Waals surface area contributed by atoms with Gasteiger partial charge in [-0.2, -0.15) is 0 Å². The van der Waals surface area contributed by atoms with Crippen LogP contribution in [0.25, 0.3) is 0 Å². The molecule has 4 aromatic carbocycles. The summed E-state index contributed by atoms with van der Waals surface area (Å²) in [5.74, 6) is 0. The van der Waals surface area contributed by atoms with Crippen molar-refractivity contribution in [3.05, 3.63) is 121 Å². The van der Waals surface area contributed by atoms with Crippen molar-refractivity contribution in [2.24, 2.45) is 4.40 Å². The highest BCUT2D eigenvalue weighted by Crippen LogP contribution is 2.45. The predicted molar refractivity (Wildman–Crippen MR) is 157 cm³/mol. The van der Waals surface area contributed by atoms with Gasteiger partial charge >= 0.3 is 0 Å². The molecule has 0 saturated heterocycles. The van der Waals surface area contributed by atoms with Crippen LogP contribution in [0.3, 0.4) is 0 Å². The van der Waals surface area contributed by atoms with Gasteiger partial charge in [0.2, 0.25) is 0 Å². The SMILES string of the molecule is CCC(C)(C)S/N=C(/Sc1ccccc1P(=O)(c1ccccc1)c1ccccc1)c1ccccc1. The summed E-state index contributed by atoms with van der Waals surface area (Å²) in [6.07, 6.45) is 1.02. The summed E-state index contributed by atoms with van der Waals surface area (Å²) in [6.45, 7) is 6.60. The van der Waals surface area contributed by atoms with Crippen molar-refractivity contribution in [3.63, 3.8) is 0 Å². The molecule has 0 amide bonds. The third-order valence-corrected chi connectivity index (χ3v) is 11.4. The van der Waals surface area contributed by atoms with Crippen molar-refractivity contribution in [1.82, 2.24) is 0 Å². The van der Waals surface area contributed by atoms with Crippen LogP contribution in [0, 0.1) is 0 Å². The van der Waals surface area contributed by atoms with Crippen molar-refractivity contribution < 1.29 is 4.57 Å². The number of thioether (sulfide) groups is 1. The van der Waals surface area contributed by atoms with Crippen molar-refractivity contribution in [3.8, 4) is 0 Å². The van der Waals surface area contributed by atoms with E-state index < -0.39 is 7.14 Å². The zero-order valence-electron chi connectivity index (χ0n) is 20.3. The molecule has 4 aromatic rings. The summed E-state index contributed by atoms with van der Waals surface area (Å²) in [6, 6.07) is 38.0. The lowest BCUT2D eigenvalue weighted by molar-refractivity contribution is 0.592. The highest BCUT2D eigenvalue weighted by molar-refractivity contribution is 8.16. The van der Waals surface area contributed by atoms with Crippen molar-refractivity contribution in [1.29, 1.82) is 0 Å². The molecule has 0 radical (unpaired) electrons. The van der Waals surface area contributed by atoms with Gasteiger partial charge in [0, 0.05) is 31.1 Å². The fourth-order valence-electron chi connectivity index (χ4n) is 3.55. The van der Waals surface area contributed by atoms with E-state index in [1.165, 1.54) is 0 Å². The second-order valence-corrected chi connectivity index (χ2v) is 14.1. The Morgan fingerprint density at radius 3 is 1.77 bits per heavy atom. The Balaban J connectivity index is 1.85. The van der Waals surface area contributed by atoms with Crippen LogP contribution in [0.5, 0.6) is 0 Å². The van der Waals surface area contributed by atoms with Gasteiger partial charge < -0.3 is 4.57 Å². The maximum Gasteiger partial charge on any atom is 0.172 e.